The normalized spacial score (nSPS) is 10.9. The van der Waals surface area contributed by atoms with Crippen LogP contribution in [0.25, 0.3) is 5.69 Å². The monoisotopic (exact) mass is 392 g/mol. The zero-order chi connectivity index (χ0) is 18.4. The third-order valence-electron chi connectivity index (χ3n) is 3.19. The molecule has 0 aliphatic rings. The van der Waals surface area contributed by atoms with E-state index in [4.69, 9.17) is 0 Å². The number of rotatable bonds is 7. The van der Waals surface area contributed by atoms with E-state index >= 15 is 0 Å². The summed E-state index contributed by atoms with van der Waals surface area (Å²) in [4.78, 5) is 16.6. The van der Waals surface area contributed by atoms with E-state index in [0.29, 0.717) is 27.5 Å². The fourth-order valence-electron chi connectivity index (χ4n) is 2.07. The number of nitrogens with zero attached hydrogens (tertiary/aromatic N) is 3. The Morgan fingerprint density at radius 2 is 1.85 bits per heavy atom. The molecule has 134 valence electrons. The zero-order valence-electron chi connectivity index (χ0n) is 13.4. The van der Waals surface area contributed by atoms with Crippen molar-refractivity contribution in [2.45, 2.75) is 15.8 Å². The number of hydrogen-bond acceptors (Lipinski definition) is 5. The largest absolute Gasteiger partial charge is 0.325 e. The summed E-state index contributed by atoms with van der Waals surface area (Å²) in [6, 6.07) is 15.8. The summed E-state index contributed by atoms with van der Waals surface area (Å²) < 4.78 is 26.2. The first-order valence-corrected chi connectivity index (χ1v) is 9.41. The smallest absolute Gasteiger partial charge is 0.288 e. The first kappa shape index (κ1) is 18.4. The molecule has 9 heteroatoms. The third-order valence-corrected chi connectivity index (χ3v) is 4.76. The lowest BCUT2D eigenvalue weighted by atomic mass is 10.3. The molecule has 2 aromatic carbocycles. The van der Waals surface area contributed by atoms with E-state index in [0.717, 1.165) is 5.69 Å². The minimum atomic E-state index is -2.46. The standard InChI is InChI=1S/C17H14F2N4OS2/c18-16(19)26-14-8-6-12(7-9-14)21-15(24)10-25-17-20-11-23(22-17)13-4-2-1-3-5-13/h1-9,11,16H,10H2,(H,21,24). The number of carbonyl (C=O) groups is 1. The van der Waals surface area contributed by atoms with Crippen LogP contribution >= 0.6 is 23.5 Å². The van der Waals surface area contributed by atoms with Crippen LogP contribution in [0.4, 0.5) is 14.5 Å². The molecular formula is C17H14F2N4OS2. The van der Waals surface area contributed by atoms with Gasteiger partial charge in [0.15, 0.2) is 0 Å². The number of amides is 1. The van der Waals surface area contributed by atoms with E-state index in [1.54, 1.807) is 35.3 Å². The average molecular weight is 392 g/mol. The number of anilines is 1. The average Bonchev–Trinajstić information content (AvgIpc) is 3.11. The summed E-state index contributed by atoms with van der Waals surface area (Å²) in [7, 11) is 0. The van der Waals surface area contributed by atoms with Crippen LogP contribution in [-0.2, 0) is 4.79 Å². The van der Waals surface area contributed by atoms with Gasteiger partial charge in [-0.2, -0.15) is 8.78 Å². The summed E-state index contributed by atoms with van der Waals surface area (Å²) in [5.74, 6) is -2.54. The van der Waals surface area contributed by atoms with Crippen LogP contribution in [0.1, 0.15) is 0 Å². The maximum absolute atomic E-state index is 12.3. The summed E-state index contributed by atoms with van der Waals surface area (Å²) in [6.45, 7) is 0. The summed E-state index contributed by atoms with van der Waals surface area (Å²) in [6.07, 6.45) is 1.59. The van der Waals surface area contributed by atoms with Gasteiger partial charge in [0.05, 0.1) is 11.4 Å². The molecule has 1 N–H and O–H groups in total. The number of nitrogens with one attached hydrogen (secondary N) is 1. The molecular weight excluding hydrogens is 378 g/mol. The molecule has 0 unspecified atom stereocenters. The number of halogens is 2. The van der Waals surface area contributed by atoms with E-state index in [2.05, 4.69) is 15.4 Å². The number of alkyl halides is 2. The Bertz CT molecular complexity index is 857. The highest BCUT2D eigenvalue weighted by Crippen LogP contribution is 2.26. The van der Waals surface area contributed by atoms with Crippen LogP contribution in [0.2, 0.25) is 0 Å². The van der Waals surface area contributed by atoms with Crippen molar-refractivity contribution in [1.82, 2.24) is 14.8 Å². The highest BCUT2D eigenvalue weighted by molar-refractivity contribution is 8.00. The molecule has 5 nitrogen and oxygen atoms in total. The van der Waals surface area contributed by atoms with E-state index in [1.807, 2.05) is 30.3 Å². The Balaban J connectivity index is 1.50. The molecule has 0 aliphatic carbocycles. The van der Waals surface area contributed by atoms with Gasteiger partial charge < -0.3 is 5.32 Å². The van der Waals surface area contributed by atoms with Crippen molar-refractivity contribution in [3.05, 3.63) is 60.9 Å². The lowest BCUT2D eigenvalue weighted by Crippen LogP contribution is -2.14. The lowest BCUT2D eigenvalue weighted by Gasteiger charge is -2.05. The number of thioether (sulfide) groups is 2. The van der Waals surface area contributed by atoms with Gasteiger partial charge in [-0.1, -0.05) is 41.7 Å². The summed E-state index contributed by atoms with van der Waals surface area (Å²) >= 11 is 1.68. The Morgan fingerprint density at radius 3 is 2.54 bits per heavy atom. The Morgan fingerprint density at radius 1 is 1.12 bits per heavy atom. The zero-order valence-corrected chi connectivity index (χ0v) is 15.0. The molecule has 1 aromatic heterocycles. The molecule has 26 heavy (non-hydrogen) atoms. The summed E-state index contributed by atoms with van der Waals surface area (Å²) in [5.41, 5.74) is 1.44. The van der Waals surface area contributed by atoms with Crippen LogP contribution < -0.4 is 5.32 Å². The van der Waals surface area contributed by atoms with Crippen molar-refractivity contribution in [2.24, 2.45) is 0 Å². The van der Waals surface area contributed by atoms with Crippen LogP contribution in [0.15, 0.2) is 71.0 Å². The molecule has 3 aromatic rings. The maximum atomic E-state index is 12.3. The van der Waals surface area contributed by atoms with Gasteiger partial charge in [0, 0.05) is 10.6 Å². The van der Waals surface area contributed by atoms with E-state index < -0.39 is 5.76 Å². The predicted octanol–water partition coefficient (Wildman–Crippen LogP) is 4.31. The molecule has 1 amide bonds. The minimum Gasteiger partial charge on any atom is -0.325 e. The van der Waals surface area contributed by atoms with Gasteiger partial charge in [0.25, 0.3) is 5.76 Å². The van der Waals surface area contributed by atoms with Gasteiger partial charge in [-0.3, -0.25) is 4.79 Å². The van der Waals surface area contributed by atoms with Crippen molar-refractivity contribution in [3.8, 4) is 5.69 Å². The van der Waals surface area contributed by atoms with Gasteiger partial charge in [0.1, 0.15) is 6.33 Å². The van der Waals surface area contributed by atoms with Gasteiger partial charge in [-0.15, -0.1) is 5.10 Å². The third kappa shape index (κ3) is 5.30. The number of carbonyl (C=O) groups excluding carboxylic acids is 1. The Kier molecular flexibility index (Phi) is 6.24. The van der Waals surface area contributed by atoms with Crippen molar-refractivity contribution in [1.29, 1.82) is 0 Å². The molecule has 0 bridgehead atoms. The first-order valence-electron chi connectivity index (χ1n) is 7.55. The van der Waals surface area contributed by atoms with Crippen LogP contribution in [0.5, 0.6) is 0 Å². The van der Waals surface area contributed by atoms with Crippen molar-refractivity contribution in [2.75, 3.05) is 11.1 Å². The molecule has 0 saturated heterocycles. The molecule has 0 spiro atoms. The van der Waals surface area contributed by atoms with Crippen molar-refractivity contribution in [3.63, 3.8) is 0 Å². The fraction of sp³-hybridized carbons (Fsp3) is 0.118. The second kappa shape index (κ2) is 8.81. The van der Waals surface area contributed by atoms with E-state index in [9.17, 15) is 13.6 Å². The number of para-hydroxylation sites is 1. The first-order chi connectivity index (χ1) is 12.6. The molecule has 1 heterocycles. The highest BCUT2D eigenvalue weighted by atomic mass is 32.2. The van der Waals surface area contributed by atoms with Gasteiger partial charge in [-0.25, -0.2) is 9.67 Å². The molecule has 0 saturated carbocycles. The molecule has 0 fully saturated rings. The molecule has 0 aliphatic heterocycles. The van der Waals surface area contributed by atoms with Crippen molar-refractivity contribution < 1.29 is 13.6 Å². The molecule has 0 atom stereocenters. The topological polar surface area (TPSA) is 59.8 Å². The van der Waals surface area contributed by atoms with Gasteiger partial charge in [0.2, 0.25) is 11.1 Å². The Hall–Kier alpha value is -2.39. The molecule has 0 radical (unpaired) electrons. The molecule has 3 rings (SSSR count). The second-order valence-electron chi connectivity index (χ2n) is 5.05. The predicted molar refractivity (Wildman–Crippen MR) is 99.0 cm³/mol. The maximum Gasteiger partial charge on any atom is 0.288 e. The van der Waals surface area contributed by atoms with E-state index in [-0.39, 0.29) is 11.7 Å². The highest BCUT2D eigenvalue weighted by Gasteiger charge is 2.09. The Labute approximate surface area is 157 Å². The van der Waals surface area contributed by atoms with Crippen molar-refractivity contribution >= 4 is 35.1 Å². The second-order valence-corrected chi connectivity index (χ2v) is 7.05. The quantitative estimate of drug-likeness (QED) is 0.607. The van der Waals surface area contributed by atoms with E-state index in [1.165, 1.54) is 11.8 Å². The number of hydrogen-bond donors (Lipinski definition) is 1. The fourth-order valence-corrected chi connectivity index (χ4v) is 3.16. The van der Waals surface area contributed by atoms with Crippen LogP contribution in [-0.4, -0.2) is 32.2 Å². The number of benzene rings is 2. The van der Waals surface area contributed by atoms with Gasteiger partial charge in [-0.05, 0) is 36.4 Å². The van der Waals surface area contributed by atoms with Crippen LogP contribution in [0, 0.1) is 0 Å². The number of aromatic nitrogens is 3. The SMILES string of the molecule is O=C(CSc1ncn(-c2ccccc2)n1)Nc1ccc(SC(F)F)cc1. The van der Waals surface area contributed by atoms with Gasteiger partial charge >= 0.3 is 0 Å². The summed E-state index contributed by atoms with van der Waals surface area (Å²) in [5, 5.41) is 7.52. The van der Waals surface area contributed by atoms with Crippen LogP contribution in [0.3, 0.4) is 0 Å². The minimum absolute atomic E-state index is 0.145. The lowest BCUT2D eigenvalue weighted by molar-refractivity contribution is -0.113.